The van der Waals surface area contributed by atoms with Crippen molar-refractivity contribution in [2.75, 3.05) is 11.4 Å². The van der Waals surface area contributed by atoms with Crippen LogP contribution in [0.1, 0.15) is 32.9 Å². The highest BCUT2D eigenvalue weighted by atomic mass is 19.4. The van der Waals surface area contributed by atoms with E-state index in [1.54, 1.807) is 26.0 Å². The van der Waals surface area contributed by atoms with E-state index in [0.717, 1.165) is 5.56 Å². The van der Waals surface area contributed by atoms with Crippen LogP contribution in [0.15, 0.2) is 30.3 Å². The summed E-state index contributed by atoms with van der Waals surface area (Å²) >= 11 is 0. The molecule has 4 nitrogen and oxygen atoms in total. The Kier molecular flexibility index (Phi) is 5.12. The van der Waals surface area contributed by atoms with Gasteiger partial charge in [-0.2, -0.15) is 18.4 Å². The molecule has 2 aromatic rings. The Labute approximate surface area is 143 Å². The number of amides is 1. The van der Waals surface area contributed by atoms with Crippen molar-refractivity contribution in [2.24, 2.45) is 0 Å². The highest BCUT2D eigenvalue weighted by Gasteiger charge is 2.35. The number of carbonyl (C=O) groups excluding carboxylic acids is 1. The molecule has 0 saturated heterocycles. The fraction of sp³-hybridized carbons (Fsp3) is 0.278. The van der Waals surface area contributed by atoms with Crippen LogP contribution in [-0.4, -0.2) is 23.6 Å². The van der Waals surface area contributed by atoms with Gasteiger partial charge in [0, 0.05) is 5.69 Å². The maximum absolute atomic E-state index is 13.0. The Morgan fingerprint density at radius 2 is 1.88 bits per heavy atom. The Bertz CT molecular complexity index is 854. The van der Waals surface area contributed by atoms with E-state index < -0.39 is 18.6 Å². The largest absolute Gasteiger partial charge is 0.406 e. The number of halogens is 3. The van der Waals surface area contributed by atoms with E-state index >= 15 is 0 Å². The summed E-state index contributed by atoms with van der Waals surface area (Å²) in [6, 6.07) is 9.40. The molecule has 0 aliphatic carbocycles. The van der Waals surface area contributed by atoms with Gasteiger partial charge in [0.05, 0.1) is 11.3 Å². The van der Waals surface area contributed by atoms with E-state index in [-0.39, 0.29) is 16.9 Å². The van der Waals surface area contributed by atoms with Crippen molar-refractivity contribution in [2.45, 2.75) is 26.9 Å². The summed E-state index contributed by atoms with van der Waals surface area (Å²) in [6.07, 6.45) is -4.56. The first-order chi connectivity index (χ1) is 11.6. The molecule has 1 heterocycles. The number of nitrogens with zero attached hydrogens (tertiary/aromatic N) is 3. The second-order valence-corrected chi connectivity index (χ2v) is 5.67. The number of aromatic nitrogens is 1. The molecule has 0 spiro atoms. The van der Waals surface area contributed by atoms with E-state index in [1.807, 2.05) is 6.07 Å². The average Bonchev–Trinajstić information content (AvgIpc) is 2.54. The number of benzene rings is 1. The van der Waals surface area contributed by atoms with Gasteiger partial charge < -0.3 is 0 Å². The van der Waals surface area contributed by atoms with Crippen molar-refractivity contribution in [1.82, 2.24) is 4.98 Å². The number of hydrogen-bond acceptors (Lipinski definition) is 3. The second-order valence-electron chi connectivity index (χ2n) is 5.67. The summed E-state index contributed by atoms with van der Waals surface area (Å²) < 4.78 is 39.1. The van der Waals surface area contributed by atoms with Gasteiger partial charge in [-0.05, 0) is 50.1 Å². The summed E-state index contributed by atoms with van der Waals surface area (Å²) in [7, 11) is 0. The third-order valence-electron chi connectivity index (χ3n) is 3.87. The average molecular weight is 347 g/mol. The van der Waals surface area contributed by atoms with Gasteiger partial charge >= 0.3 is 6.18 Å². The number of nitriles is 1. The fourth-order valence-electron chi connectivity index (χ4n) is 2.41. The van der Waals surface area contributed by atoms with Crippen molar-refractivity contribution < 1.29 is 18.0 Å². The number of anilines is 1. The van der Waals surface area contributed by atoms with Crippen LogP contribution < -0.4 is 4.90 Å². The molecule has 1 aromatic carbocycles. The molecule has 25 heavy (non-hydrogen) atoms. The zero-order valence-corrected chi connectivity index (χ0v) is 14.0. The molecule has 0 saturated carbocycles. The van der Waals surface area contributed by atoms with Crippen LogP contribution in [0.2, 0.25) is 0 Å². The molecular weight excluding hydrogens is 331 g/mol. The number of hydrogen-bond donors (Lipinski definition) is 0. The van der Waals surface area contributed by atoms with Crippen LogP contribution in [0, 0.1) is 32.1 Å². The van der Waals surface area contributed by atoms with Gasteiger partial charge in [0.2, 0.25) is 0 Å². The van der Waals surface area contributed by atoms with Gasteiger partial charge in [0.1, 0.15) is 18.3 Å². The Morgan fingerprint density at radius 1 is 1.20 bits per heavy atom. The van der Waals surface area contributed by atoms with Crippen LogP contribution in [-0.2, 0) is 0 Å². The second kappa shape index (κ2) is 6.93. The lowest BCUT2D eigenvalue weighted by Crippen LogP contribution is -2.40. The normalized spacial score (nSPS) is 11.1. The van der Waals surface area contributed by atoms with Crippen LogP contribution >= 0.6 is 0 Å². The fourth-order valence-corrected chi connectivity index (χ4v) is 2.41. The number of aryl methyl sites for hydroxylation is 2. The van der Waals surface area contributed by atoms with E-state index in [9.17, 15) is 18.0 Å². The van der Waals surface area contributed by atoms with Gasteiger partial charge in [-0.15, -0.1) is 0 Å². The Morgan fingerprint density at radius 3 is 2.44 bits per heavy atom. The third-order valence-corrected chi connectivity index (χ3v) is 3.87. The molecule has 0 unspecified atom stereocenters. The lowest BCUT2D eigenvalue weighted by atomic mass is 10.1. The number of rotatable bonds is 3. The van der Waals surface area contributed by atoms with Crippen molar-refractivity contribution >= 4 is 11.6 Å². The molecule has 0 bridgehead atoms. The topological polar surface area (TPSA) is 57.0 Å². The highest BCUT2D eigenvalue weighted by Crippen LogP contribution is 2.28. The van der Waals surface area contributed by atoms with Crippen molar-refractivity contribution in [3.8, 4) is 6.07 Å². The Hall–Kier alpha value is -2.88. The monoisotopic (exact) mass is 347 g/mol. The molecule has 1 aromatic heterocycles. The smallest absolute Gasteiger partial charge is 0.298 e. The van der Waals surface area contributed by atoms with Crippen molar-refractivity contribution in [3.63, 3.8) is 0 Å². The minimum atomic E-state index is -4.56. The molecule has 0 aliphatic heterocycles. The lowest BCUT2D eigenvalue weighted by molar-refractivity contribution is -0.118. The minimum absolute atomic E-state index is 0.137. The minimum Gasteiger partial charge on any atom is -0.298 e. The zero-order chi connectivity index (χ0) is 18.8. The first-order valence-electron chi connectivity index (χ1n) is 7.46. The van der Waals surface area contributed by atoms with Crippen LogP contribution in [0.4, 0.5) is 18.9 Å². The SMILES string of the molecule is Cc1cccc(N(CC(F)(F)F)C(=O)c2ccc(C#N)c(C)n2)c1C. The highest BCUT2D eigenvalue weighted by molar-refractivity contribution is 6.05. The predicted molar refractivity (Wildman–Crippen MR) is 87.3 cm³/mol. The molecule has 0 N–H and O–H groups in total. The maximum Gasteiger partial charge on any atom is 0.406 e. The summed E-state index contributed by atoms with van der Waals surface area (Å²) in [4.78, 5) is 17.4. The molecule has 7 heteroatoms. The molecule has 130 valence electrons. The van der Waals surface area contributed by atoms with Crippen LogP contribution in [0.25, 0.3) is 0 Å². The number of alkyl halides is 3. The van der Waals surface area contributed by atoms with Gasteiger partial charge in [-0.25, -0.2) is 4.98 Å². The van der Waals surface area contributed by atoms with Crippen LogP contribution in [0.3, 0.4) is 0 Å². The van der Waals surface area contributed by atoms with E-state index in [1.165, 1.54) is 25.1 Å². The van der Waals surface area contributed by atoms with Crippen LogP contribution in [0.5, 0.6) is 0 Å². The first kappa shape index (κ1) is 18.5. The first-order valence-corrected chi connectivity index (χ1v) is 7.46. The van der Waals surface area contributed by atoms with Gasteiger partial charge in [-0.1, -0.05) is 12.1 Å². The summed E-state index contributed by atoms with van der Waals surface area (Å²) in [5.41, 5.74) is 1.98. The predicted octanol–water partition coefficient (Wildman–Crippen LogP) is 4.09. The molecule has 2 rings (SSSR count). The zero-order valence-electron chi connectivity index (χ0n) is 14.0. The molecular formula is C18H16F3N3O. The molecule has 0 radical (unpaired) electrons. The van der Waals surface area contributed by atoms with E-state index in [0.29, 0.717) is 16.2 Å². The van der Waals surface area contributed by atoms with E-state index in [2.05, 4.69) is 4.98 Å². The van der Waals surface area contributed by atoms with Gasteiger partial charge in [-0.3, -0.25) is 9.69 Å². The Balaban J connectivity index is 2.52. The third kappa shape index (κ3) is 4.15. The van der Waals surface area contributed by atoms with Gasteiger partial charge in [0.25, 0.3) is 5.91 Å². The summed E-state index contributed by atoms with van der Waals surface area (Å²) in [6.45, 7) is 3.54. The standard InChI is InChI=1S/C18H16F3N3O/c1-11-5-4-6-16(12(11)2)24(10-18(19,20)21)17(25)15-8-7-14(9-22)13(3)23-15/h4-8H,10H2,1-3H3. The van der Waals surface area contributed by atoms with Gasteiger partial charge in [0.15, 0.2) is 0 Å². The number of pyridine rings is 1. The molecule has 0 aliphatic rings. The van der Waals surface area contributed by atoms with E-state index in [4.69, 9.17) is 5.26 Å². The quantitative estimate of drug-likeness (QED) is 0.840. The van der Waals surface area contributed by atoms with Crippen molar-refractivity contribution in [3.05, 3.63) is 58.4 Å². The van der Waals surface area contributed by atoms with Crippen molar-refractivity contribution in [1.29, 1.82) is 5.26 Å². The summed E-state index contributed by atoms with van der Waals surface area (Å²) in [5.74, 6) is -0.862. The lowest BCUT2D eigenvalue weighted by Gasteiger charge is -2.26. The molecule has 0 atom stereocenters. The maximum atomic E-state index is 13.0. The number of carbonyl (C=O) groups is 1. The molecule has 0 fully saturated rings. The molecule has 1 amide bonds. The summed E-state index contributed by atoms with van der Waals surface area (Å²) in [5, 5.41) is 8.92.